The first-order chi connectivity index (χ1) is 16.0. The Morgan fingerprint density at radius 3 is 2.48 bits per heavy atom. The van der Waals surface area contributed by atoms with E-state index in [0.717, 1.165) is 69.8 Å². The number of fused-ring (bicyclic) bond motifs is 1. The molecule has 4 heterocycles. The summed E-state index contributed by atoms with van der Waals surface area (Å²) in [4.78, 5) is 55.3. The van der Waals surface area contributed by atoms with Crippen molar-refractivity contribution in [3.63, 3.8) is 0 Å². The first-order valence-corrected chi connectivity index (χ1v) is 12.0. The van der Waals surface area contributed by atoms with Gasteiger partial charge in [0.15, 0.2) is 0 Å². The van der Waals surface area contributed by atoms with Crippen LogP contribution in [0.5, 0.6) is 0 Å². The maximum Gasteiger partial charge on any atom is 0.255 e. The summed E-state index contributed by atoms with van der Waals surface area (Å²) in [6.07, 6.45) is 2.40. The smallest absolute Gasteiger partial charge is 0.255 e. The Bertz CT molecular complexity index is 966. The number of carbonyl (C=O) groups is 4. The molecule has 1 aromatic rings. The van der Waals surface area contributed by atoms with Crippen LogP contribution in [0.25, 0.3) is 0 Å². The van der Waals surface area contributed by atoms with Crippen molar-refractivity contribution >= 4 is 23.6 Å². The third kappa shape index (κ3) is 4.52. The van der Waals surface area contributed by atoms with Crippen molar-refractivity contribution in [1.29, 1.82) is 0 Å². The average molecular weight is 454 g/mol. The van der Waals surface area contributed by atoms with E-state index in [2.05, 4.69) is 21.6 Å². The van der Waals surface area contributed by atoms with Gasteiger partial charge in [-0.3, -0.25) is 29.4 Å². The summed E-state index contributed by atoms with van der Waals surface area (Å²) in [5.74, 6) is -0.370. The number of likely N-dealkylation sites (tertiary alicyclic amines) is 1. The number of carbonyl (C=O) groups excluding carboxylic acids is 4. The van der Waals surface area contributed by atoms with Gasteiger partial charge in [0.2, 0.25) is 17.7 Å². The van der Waals surface area contributed by atoms with Gasteiger partial charge in [0.25, 0.3) is 5.91 Å². The van der Waals surface area contributed by atoms with Gasteiger partial charge in [-0.1, -0.05) is 12.1 Å². The summed E-state index contributed by atoms with van der Waals surface area (Å²) in [6, 6.07) is 5.33. The van der Waals surface area contributed by atoms with Gasteiger partial charge in [-0.15, -0.1) is 0 Å². The molecule has 176 valence electrons. The van der Waals surface area contributed by atoms with Crippen molar-refractivity contribution in [3.8, 4) is 0 Å². The molecule has 3 fully saturated rings. The van der Waals surface area contributed by atoms with Crippen LogP contribution in [-0.2, 0) is 27.5 Å². The van der Waals surface area contributed by atoms with E-state index in [1.165, 1.54) is 0 Å². The lowest BCUT2D eigenvalue weighted by Crippen LogP contribution is -2.52. The Morgan fingerprint density at radius 2 is 1.76 bits per heavy atom. The molecule has 0 radical (unpaired) electrons. The second-order valence-corrected chi connectivity index (χ2v) is 9.52. The van der Waals surface area contributed by atoms with Crippen LogP contribution in [0.4, 0.5) is 0 Å². The predicted octanol–water partition coefficient (Wildman–Crippen LogP) is 0.0914. The molecular weight excluding hydrogens is 422 g/mol. The molecule has 0 bridgehead atoms. The minimum atomic E-state index is -0.585. The van der Waals surface area contributed by atoms with Crippen LogP contribution in [0, 0.1) is 5.92 Å². The number of hydrogen-bond acceptors (Lipinski definition) is 6. The highest BCUT2D eigenvalue weighted by Crippen LogP contribution is 2.29. The molecular formula is C24H31N5O4. The first kappa shape index (κ1) is 22.0. The fraction of sp³-hybridized carbons (Fsp3) is 0.583. The number of nitrogens with one attached hydrogen (secondary N) is 2. The third-order valence-electron chi connectivity index (χ3n) is 7.36. The van der Waals surface area contributed by atoms with Gasteiger partial charge >= 0.3 is 0 Å². The predicted molar refractivity (Wildman–Crippen MR) is 120 cm³/mol. The van der Waals surface area contributed by atoms with Crippen LogP contribution >= 0.6 is 0 Å². The van der Waals surface area contributed by atoms with E-state index in [0.29, 0.717) is 24.4 Å². The Labute approximate surface area is 193 Å². The topological polar surface area (TPSA) is 102 Å². The standard InChI is InChI=1S/C24H31N5O4/c30-21-4-3-20(22(31)26-21)29-15-18-13-16(1-2-19(18)24(29)33)14-27-9-5-17(6-10-27)23(32)28-11-7-25-8-12-28/h1-2,13,17,20,25H,3-12,14-15H2,(H,26,30,31). The SMILES string of the molecule is O=C1CCC(N2Cc3cc(CN4CCC(C(=O)N5CCNCC5)CC4)ccc3C2=O)C(=O)N1. The highest BCUT2D eigenvalue weighted by Gasteiger charge is 2.39. The van der Waals surface area contributed by atoms with Crippen LogP contribution < -0.4 is 10.6 Å². The average Bonchev–Trinajstić information content (AvgIpc) is 3.15. The lowest BCUT2D eigenvalue weighted by Gasteiger charge is -2.35. The number of piperidine rings is 2. The van der Waals surface area contributed by atoms with Gasteiger partial charge < -0.3 is 15.1 Å². The maximum absolute atomic E-state index is 12.9. The number of hydrogen-bond donors (Lipinski definition) is 2. The molecule has 4 amide bonds. The van der Waals surface area contributed by atoms with Crippen molar-refractivity contribution in [1.82, 2.24) is 25.3 Å². The fourth-order valence-electron chi connectivity index (χ4n) is 5.47. The number of amides is 4. The molecule has 0 saturated carbocycles. The molecule has 1 atom stereocenters. The third-order valence-corrected chi connectivity index (χ3v) is 7.36. The zero-order valence-electron chi connectivity index (χ0n) is 18.8. The molecule has 4 aliphatic rings. The molecule has 0 spiro atoms. The van der Waals surface area contributed by atoms with Crippen LogP contribution in [0.15, 0.2) is 18.2 Å². The molecule has 0 aliphatic carbocycles. The highest BCUT2D eigenvalue weighted by atomic mass is 16.2. The molecule has 9 heteroatoms. The second kappa shape index (κ2) is 9.23. The van der Waals surface area contributed by atoms with E-state index in [4.69, 9.17) is 0 Å². The first-order valence-electron chi connectivity index (χ1n) is 12.0. The zero-order valence-corrected chi connectivity index (χ0v) is 18.8. The molecule has 3 saturated heterocycles. The molecule has 5 rings (SSSR count). The van der Waals surface area contributed by atoms with Crippen LogP contribution in [0.1, 0.15) is 47.2 Å². The molecule has 4 aliphatic heterocycles. The van der Waals surface area contributed by atoms with Crippen molar-refractivity contribution in [2.24, 2.45) is 5.92 Å². The van der Waals surface area contributed by atoms with Gasteiger partial charge in [-0.05, 0) is 49.5 Å². The normalized spacial score (nSPS) is 24.7. The molecule has 9 nitrogen and oxygen atoms in total. The fourth-order valence-corrected chi connectivity index (χ4v) is 5.47. The van der Waals surface area contributed by atoms with Crippen molar-refractivity contribution in [3.05, 3.63) is 34.9 Å². The monoisotopic (exact) mass is 453 g/mol. The Hall–Kier alpha value is -2.78. The van der Waals surface area contributed by atoms with E-state index in [9.17, 15) is 19.2 Å². The molecule has 1 aromatic carbocycles. The summed E-state index contributed by atoms with van der Waals surface area (Å²) in [5, 5.41) is 5.64. The minimum absolute atomic E-state index is 0.124. The molecule has 33 heavy (non-hydrogen) atoms. The summed E-state index contributed by atoms with van der Waals surface area (Å²) < 4.78 is 0. The molecule has 0 aromatic heterocycles. The number of rotatable bonds is 4. The van der Waals surface area contributed by atoms with Gasteiger partial charge in [0, 0.05) is 57.2 Å². The van der Waals surface area contributed by atoms with E-state index in [-0.39, 0.29) is 30.1 Å². The van der Waals surface area contributed by atoms with Gasteiger partial charge in [-0.2, -0.15) is 0 Å². The van der Waals surface area contributed by atoms with E-state index < -0.39 is 6.04 Å². The van der Waals surface area contributed by atoms with Crippen LogP contribution in [-0.4, -0.2) is 83.6 Å². The Morgan fingerprint density at radius 1 is 1.00 bits per heavy atom. The number of nitrogens with zero attached hydrogens (tertiary/aromatic N) is 3. The largest absolute Gasteiger partial charge is 0.340 e. The van der Waals surface area contributed by atoms with Crippen molar-refractivity contribution < 1.29 is 19.2 Å². The summed E-state index contributed by atoms with van der Waals surface area (Å²) in [6.45, 7) is 6.34. The van der Waals surface area contributed by atoms with Crippen molar-refractivity contribution in [2.75, 3.05) is 39.3 Å². The van der Waals surface area contributed by atoms with Gasteiger partial charge in [0.1, 0.15) is 6.04 Å². The minimum Gasteiger partial charge on any atom is -0.340 e. The molecule has 1 unspecified atom stereocenters. The quantitative estimate of drug-likeness (QED) is 0.627. The summed E-state index contributed by atoms with van der Waals surface area (Å²) >= 11 is 0. The Balaban J connectivity index is 1.17. The van der Waals surface area contributed by atoms with E-state index >= 15 is 0 Å². The van der Waals surface area contributed by atoms with E-state index in [1.54, 1.807) is 4.90 Å². The maximum atomic E-state index is 12.9. The lowest BCUT2D eigenvalue weighted by molar-refractivity contribution is -0.138. The highest BCUT2D eigenvalue weighted by molar-refractivity contribution is 6.05. The Kier molecular flexibility index (Phi) is 6.16. The summed E-state index contributed by atoms with van der Waals surface area (Å²) in [5.41, 5.74) is 2.72. The van der Waals surface area contributed by atoms with Gasteiger partial charge in [0.05, 0.1) is 0 Å². The van der Waals surface area contributed by atoms with Crippen LogP contribution in [0.3, 0.4) is 0 Å². The molecule has 2 N–H and O–H groups in total. The van der Waals surface area contributed by atoms with Crippen molar-refractivity contribution in [2.45, 2.75) is 44.8 Å². The number of imide groups is 1. The second-order valence-electron chi connectivity index (χ2n) is 9.52. The number of benzene rings is 1. The van der Waals surface area contributed by atoms with Gasteiger partial charge in [-0.25, -0.2) is 0 Å². The number of piperazine rings is 1. The lowest BCUT2D eigenvalue weighted by atomic mass is 9.94. The summed E-state index contributed by atoms with van der Waals surface area (Å²) in [7, 11) is 0. The van der Waals surface area contributed by atoms with Crippen LogP contribution in [0.2, 0.25) is 0 Å². The zero-order chi connectivity index (χ0) is 22.9. The van der Waals surface area contributed by atoms with E-state index in [1.807, 2.05) is 17.0 Å².